The minimum absolute atomic E-state index is 0.194. The molecule has 31 heavy (non-hydrogen) atoms. The fourth-order valence-corrected chi connectivity index (χ4v) is 2.75. The molecule has 0 saturated carbocycles. The van der Waals surface area contributed by atoms with Gasteiger partial charge in [-0.25, -0.2) is 0 Å². The van der Waals surface area contributed by atoms with Crippen molar-refractivity contribution in [1.29, 1.82) is 0 Å². The van der Waals surface area contributed by atoms with Crippen LogP contribution in [-0.4, -0.2) is 55.4 Å². The maximum absolute atomic E-state index is 12.5. The molecule has 0 aromatic heterocycles. The third-order valence-electron chi connectivity index (χ3n) is 4.70. The number of aliphatic hydroxyl groups excluding tert-OH is 1. The van der Waals surface area contributed by atoms with Gasteiger partial charge in [-0.15, -0.1) is 0 Å². The molecular weight excluding hydrogens is 404 g/mol. The highest BCUT2D eigenvalue weighted by atomic mass is 16.7. The van der Waals surface area contributed by atoms with Crippen LogP contribution in [0.2, 0.25) is 0 Å². The van der Waals surface area contributed by atoms with Crippen LogP contribution in [0, 0.1) is 17.8 Å². The summed E-state index contributed by atoms with van der Waals surface area (Å²) < 4.78 is 27.9. The fraction of sp³-hybridized carbons (Fsp3) is 0.652. The molecule has 0 amide bonds. The molecule has 0 unspecified atom stereocenters. The molecular formula is C23H34O8. The number of carbonyl (C=O) groups excluding carboxylic acids is 2. The molecule has 0 spiro atoms. The molecule has 174 valence electrons. The molecule has 8 heteroatoms. The summed E-state index contributed by atoms with van der Waals surface area (Å²) in [6.07, 6.45) is -4.40. The largest absolute Gasteiger partial charge is 0.493 e. The molecule has 4 atom stereocenters. The van der Waals surface area contributed by atoms with Gasteiger partial charge in [-0.2, -0.15) is 0 Å². The van der Waals surface area contributed by atoms with Crippen LogP contribution in [0.5, 0.6) is 11.5 Å². The van der Waals surface area contributed by atoms with E-state index >= 15 is 0 Å². The van der Waals surface area contributed by atoms with Gasteiger partial charge in [-0.3, -0.25) is 9.59 Å². The van der Waals surface area contributed by atoms with Gasteiger partial charge in [0, 0.05) is 0 Å². The van der Waals surface area contributed by atoms with Crippen LogP contribution in [-0.2, 0) is 23.8 Å². The van der Waals surface area contributed by atoms with Gasteiger partial charge in [-0.1, -0.05) is 6.07 Å². The zero-order chi connectivity index (χ0) is 23.6. The first-order valence-corrected chi connectivity index (χ1v) is 10.3. The molecule has 8 nitrogen and oxygen atoms in total. The van der Waals surface area contributed by atoms with E-state index in [-0.39, 0.29) is 6.61 Å². The van der Waals surface area contributed by atoms with Crippen molar-refractivity contribution in [3.63, 3.8) is 0 Å². The van der Waals surface area contributed by atoms with Crippen LogP contribution in [0.3, 0.4) is 0 Å². The van der Waals surface area contributed by atoms with E-state index in [4.69, 9.17) is 23.7 Å². The average Bonchev–Trinajstić information content (AvgIpc) is 2.94. The summed E-state index contributed by atoms with van der Waals surface area (Å²) in [5.74, 6) is -0.107. The Morgan fingerprint density at radius 1 is 1.03 bits per heavy atom. The number of aryl methyl sites for hydroxylation is 1. The number of rotatable bonds is 6. The molecule has 1 aliphatic rings. The number of hydrogen-bond acceptors (Lipinski definition) is 8. The highest BCUT2D eigenvalue weighted by Crippen LogP contribution is 2.34. The Morgan fingerprint density at radius 3 is 2.19 bits per heavy atom. The van der Waals surface area contributed by atoms with Crippen molar-refractivity contribution in [1.82, 2.24) is 0 Å². The second-order valence-corrected chi connectivity index (χ2v) is 9.77. The van der Waals surface area contributed by atoms with Crippen LogP contribution in [0.25, 0.3) is 0 Å². The van der Waals surface area contributed by atoms with Gasteiger partial charge in [0.05, 0.1) is 17.9 Å². The first-order valence-electron chi connectivity index (χ1n) is 10.3. The minimum Gasteiger partial charge on any atom is -0.493 e. The standard InChI is InChI=1S/C23H34O8/c1-13-9-10-14(15(11-13)27-8)29-19-17(24)18(31-21(26)23(5,6)7)16(30-19)12-28-20(25)22(2,3)4/h9-11,16-19,24H,12H2,1-8H3/t16-,17-,18+,19-/m1/s1. The van der Waals surface area contributed by atoms with Crippen molar-refractivity contribution >= 4 is 11.9 Å². The SMILES string of the molecule is COc1cc(C)ccc1O[C@@H]1O[C@H](COC(=O)C(C)(C)C)[C@H](OC(=O)C(C)(C)C)[C@H]1O. The lowest BCUT2D eigenvalue weighted by atomic mass is 9.97. The zero-order valence-electron chi connectivity index (χ0n) is 19.6. The Morgan fingerprint density at radius 2 is 1.65 bits per heavy atom. The van der Waals surface area contributed by atoms with Gasteiger partial charge in [0.1, 0.15) is 12.7 Å². The molecule has 0 bridgehead atoms. The van der Waals surface area contributed by atoms with E-state index in [0.717, 1.165) is 5.56 Å². The number of methoxy groups -OCH3 is 1. The molecule has 0 radical (unpaired) electrons. The topological polar surface area (TPSA) is 101 Å². The average molecular weight is 439 g/mol. The minimum atomic E-state index is -1.30. The fourth-order valence-electron chi connectivity index (χ4n) is 2.75. The number of aliphatic hydroxyl groups is 1. The molecule has 1 aromatic rings. The molecule has 1 saturated heterocycles. The van der Waals surface area contributed by atoms with Crippen LogP contribution < -0.4 is 9.47 Å². The van der Waals surface area contributed by atoms with Gasteiger partial charge < -0.3 is 28.8 Å². The first-order chi connectivity index (χ1) is 14.2. The summed E-state index contributed by atoms with van der Waals surface area (Å²) in [4.78, 5) is 24.6. The number of esters is 2. The number of ether oxygens (including phenoxy) is 5. The van der Waals surface area contributed by atoms with E-state index in [1.54, 1.807) is 53.7 Å². The second kappa shape index (κ2) is 9.44. The van der Waals surface area contributed by atoms with Gasteiger partial charge >= 0.3 is 11.9 Å². The molecule has 2 rings (SSSR count). The van der Waals surface area contributed by atoms with E-state index < -0.39 is 47.4 Å². The molecule has 1 aromatic carbocycles. The smallest absolute Gasteiger partial charge is 0.311 e. The normalized spacial score (nSPS) is 23.9. The molecule has 1 fully saturated rings. The van der Waals surface area contributed by atoms with Crippen LogP contribution in [0.15, 0.2) is 18.2 Å². The summed E-state index contributed by atoms with van der Waals surface area (Å²) in [7, 11) is 1.51. The van der Waals surface area contributed by atoms with E-state index in [9.17, 15) is 14.7 Å². The number of carbonyl (C=O) groups is 2. The number of benzene rings is 1. The predicted octanol–water partition coefficient (Wildman–Crippen LogP) is 3.02. The lowest BCUT2D eigenvalue weighted by molar-refractivity contribution is -0.170. The van der Waals surface area contributed by atoms with Crippen molar-refractivity contribution in [2.24, 2.45) is 10.8 Å². The molecule has 1 N–H and O–H groups in total. The van der Waals surface area contributed by atoms with Crippen molar-refractivity contribution in [2.75, 3.05) is 13.7 Å². The Balaban J connectivity index is 2.21. The Bertz CT molecular complexity index is 790. The summed E-state index contributed by atoms with van der Waals surface area (Å²) in [6.45, 7) is 12.0. The quantitative estimate of drug-likeness (QED) is 0.677. The van der Waals surface area contributed by atoms with Crippen molar-refractivity contribution in [3.8, 4) is 11.5 Å². The highest BCUT2D eigenvalue weighted by molar-refractivity contribution is 5.76. The lowest BCUT2D eigenvalue weighted by Crippen LogP contribution is -2.42. The monoisotopic (exact) mass is 438 g/mol. The number of hydrogen-bond donors (Lipinski definition) is 1. The van der Waals surface area contributed by atoms with E-state index in [0.29, 0.717) is 11.5 Å². The van der Waals surface area contributed by atoms with Crippen LogP contribution >= 0.6 is 0 Å². The molecule has 0 aliphatic carbocycles. The zero-order valence-corrected chi connectivity index (χ0v) is 19.6. The van der Waals surface area contributed by atoms with E-state index in [1.807, 2.05) is 13.0 Å². The lowest BCUT2D eigenvalue weighted by Gasteiger charge is -2.25. The van der Waals surface area contributed by atoms with Gasteiger partial charge in [-0.05, 0) is 66.2 Å². The van der Waals surface area contributed by atoms with Gasteiger partial charge in [0.15, 0.2) is 23.7 Å². The van der Waals surface area contributed by atoms with Crippen molar-refractivity contribution in [3.05, 3.63) is 23.8 Å². The maximum atomic E-state index is 12.5. The Hall–Kier alpha value is -2.32. The van der Waals surface area contributed by atoms with Gasteiger partial charge in [0.25, 0.3) is 0 Å². The van der Waals surface area contributed by atoms with Crippen LogP contribution in [0.4, 0.5) is 0 Å². The maximum Gasteiger partial charge on any atom is 0.311 e. The predicted molar refractivity (Wildman–Crippen MR) is 113 cm³/mol. The Labute approximate surface area is 183 Å². The first kappa shape index (κ1) is 24.9. The molecule has 1 heterocycles. The van der Waals surface area contributed by atoms with Crippen molar-refractivity contribution in [2.45, 2.75) is 73.1 Å². The third kappa shape index (κ3) is 6.33. The highest BCUT2D eigenvalue weighted by Gasteiger charge is 2.49. The van der Waals surface area contributed by atoms with Crippen molar-refractivity contribution < 1.29 is 38.4 Å². The second-order valence-electron chi connectivity index (χ2n) is 9.77. The summed E-state index contributed by atoms with van der Waals surface area (Å²) in [5, 5.41) is 10.8. The molecule has 1 aliphatic heterocycles. The van der Waals surface area contributed by atoms with Crippen LogP contribution in [0.1, 0.15) is 47.1 Å². The summed E-state index contributed by atoms with van der Waals surface area (Å²) in [5.41, 5.74) is -0.521. The van der Waals surface area contributed by atoms with E-state index in [2.05, 4.69) is 0 Å². The Kier molecular flexibility index (Phi) is 7.60. The van der Waals surface area contributed by atoms with Gasteiger partial charge in [0.2, 0.25) is 6.29 Å². The summed E-state index contributed by atoms with van der Waals surface area (Å²) >= 11 is 0. The third-order valence-corrected chi connectivity index (χ3v) is 4.70. The van der Waals surface area contributed by atoms with E-state index in [1.165, 1.54) is 7.11 Å². The summed E-state index contributed by atoms with van der Waals surface area (Å²) in [6, 6.07) is 5.32.